The lowest BCUT2D eigenvalue weighted by Gasteiger charge is -2.13. The fourth-order valence-corrected chi connectivity index (χ4v) is 4.17. The van der Waals surface area contributed by atoms with Crippen molar-refractivity contribution >= 4 is 33.2 Å². The highest BCUT2D eigenvalue weighted by Crippen LogP contribution is 2.43. The van der Waals surface area contributed by atoms with Gasteiger partial charge >= 0.3 is 0 Å². The minimum Gasteiger partial charge on any atom is -0.437 e. The molecule has 2 N–H and O–H groups in total. The number of aliphatic hydroxyl groups is 2. The Bertz CT molecular complexity index is 875. The molecule has 1 saturated heterocycles. The molecular weight excluding hydrogens is 364 g/mol. The highest BCUT2D eigenvalue weighted by atomic mass is 35.5. The number of nitrogens with zero attached hydrogens (tertiary/aromatic N) is 2. The fraction of sp³-hybridized carbons (Fsp3) is 0.294. The number of ether oxygens (including phenoxy) is 2. The molecule has 0 radical (unpaired) electrons. The lowest BCUT2D eigenvalue weighted by molar-refractivity contribution is -0.0221. The van der Waals surface area contributed by atoms with E-state index in [0.29, 0.717) is 17.1 Å². The molecular formula is C17H15ClN2O4S. The number of rotatable bonds is 4. The normalized spacial score (nSPS) is 26.2. The summed E-state index contributed by atoms with van der Waals surface area (Å²) >= 11 is 7.73. The third-order valence-electron chi connectivity index (χ3n) is 4.11. The van der Waals surface area contributed by atoms with E-state index in [1.54, 1.807) is 0 Å². The third kappa shape index (κ3) is 2.98. The molecule has 4 rings (SSSR count). The first kappa shape index (κ1) is 16.7. The first-order valence-corrected chi connectivity index (χ1v) is 9.04. The average Bonchev–Trinajstić information content (AvgIpc) is 3.18. The molecule has 3 aromatic rings. The SMILES string of the molecule is OC[C@H]1OC(c2csc3c(Oc4ccccc4)ncnc23)[C@H](Cl)[C@@H]1O. The molecule has 1 unspecified atom stereocenters. The van der Waals surface area contributed by atoms with Crippen molar-refractivity contribution in [2.45, 2.75) is 23.7 Å². The summed E-state index contributed by atoms with van der Waals surface area (Å²) in [6, 6.07) is 9.37. The molecule has 0 saturated carbocycles. The molecule has 1 aliphatic rings. The largest absolute Gasteiger partial charge is 0.437 e. The number of fused-ring (bicyclic) bond motifs is 1. The molecule has 1 aliphatic heterocycles. The van der Waals surface area contributed by atoms with Crippen LogP contribution in [0.5, 0.6) is 11.6 Å². The summed E-state index contributed by atoms with van der Waals surface area (Å²) in [6.07, 6.45) is -0.769. The molecule has 130 valence electrons. The van der Waals surface area contributed by atoms with Gasteiger partial charge in [0.05, 0.1) is 17.5 Å². The van der Waals surface area contributed by atoms with Crippen LogP contribution >= 0.6 is 22.9 Å². The minimum atomic E-state index is -0.937. The topological polar surface area (TPSA) is 84.7 Å². The van der Waals surface area contributed by atoms with E-state index < -0.39 is 23.7 Å². The summed E-state index contributed by atoms with van der Waals surface area (Å²) in [7, 11) is 0. The Labute approximate surface area is 152 Å². The van der Waals surface area contributed by atoms with Gasteiger partial charge in [0, 0.05) is 5.56 Å². The predicted molar refractivity (Wildman–Crippen MR) is 94.3 cm³/mol. The summed E-state index contributed by atoms with van der Waals surface area (Å²) in [4.78, 5) is 8.56. The van der Waals surface area contributed by atoms with Gasteiger partial charge in [0.15, 0.2) is 0 Å². The first-order chi connectivity index (χ1) is 12.2. The quantitative estimate of drug-likeness (QED) is 0.679. The van der Waals surface area contributed by atoms with E-state index in [2.05, 4.69) is 9.97 Å². The van der Waals surface area contributed by atoms with Crippen LogP contribution in [0.1, 0.15) is 11.7 Å². The maximum absolute atomic E-state index is 10.1. The predicted octanol–water partition coefficient (Wildman–Crippen LogP) is 2.88. The Morgan fingerprint density at radius 3 is 2.76 bits per heavy atom. The molecule has 2 aromatic heterocycles. The molecule has 0 amide bonds. The standard InChI is InChI=1S/C17H15ClN2O4S/c18-12-14(22)11(6-21)24-15(12)10-7-25-16-13(10)19-8-20-17(16)23-9-4-2-1-3-5-9/h1-5,7-8,11-12,14-15,21-22H,6H2/t11-,12-,14-,15?/m1/s1. The molecule has 4 atom stereocenters. The summed E-state index contributed by atoms with van der Waals surface area (Å²) in [5.41, 5.74) is 1.43. The van der Waals surface area contributed by atoms with E-state index in [4.69, 9.17) is 21.1 Å². The third-order valence-corrected chi connectivity index (χ3v) is 5.57. The summed E-state index contributed by atoms with van der Waals surface area (Å²) in [6.45, 7) is -0.291. The molecule has 0 bridgehead atoms. The van der Waals surface area contributed by atoms with Gasteiger partial charge in [-0.1, -0.05) is 18.2 Å². The molecule has 25 heavy (non-hydrogen) atoms. The molecule has 0 aliphatic carbocycles. The first-order valence-electron chi connectivity index (χ1n) is 7.72. The van der Waals surface area contributed by atoms with Crippen molar-refractivity contribution in [2.75, 3.05) is 6.61 Å². The van der Waals surface area contributed by atoms with E-state index >= 15 is 0 Å². The zero-order valence-corrected chi connectivity index (χ0v) is 14.5. The van der Waals surface area contributed by atoms with Gasteiger partial charge in [-0.25, -0.2) is 9.97 Å². The zero-order valence-electron chi connectivity index (χ0n) is 12.9. The molecule has 0 spiro atoms. The Morgan fingerprint density at radius 2 is 2.04 bits per heavy atom. The second kappa shape index (κ2) is 6.86. The highest BCUT2D eigenvalue weighted by Gasteiger charge is 2.44. The summed E-state index contributed by atoms with van der Waals surface area (Å²) in [5, 5.41) is 20.6. The Morgan fingerprint density at radius 1 is 1.24 bits per heavy atom. The van der Waals surface area contributed by atoms with Crippen molar-refractivity contribution in [1.29, 1.82) is 0 Å². The molecule has 1 fully saturated rings. The van der Waals surface area contributed by atoms with Crippen LogP contribution in [0.2, 0.25) is 0 Å². The lowest BCUT2D eigenvalue weighted by Crippen LogP contribution is -2.29. The number of alkyl halides is 1. The van der Waals surface area contributed by atoms with Gasteiger partial charge < -0.3 is 19.7 Å². The number of aliphatic hydroxyl groups excluding tert-OH is 2. The summed E-state index contributed by atoms with van der Waals surface area (Å²) in [5.74, 6) is 1.14. The maximum atomic E-state index is 10.1. The Hall–Kier alpha value is -1.77. The highest BCUT2D eigenvalue weighted by molar-refractivity contribution is 7.17. The van der Waals surface area contributed by atoms with Crippen LogP contribution in [0.25, 0.3) is 10.2 Å². The Kier molecular flexibility index (Phi) is 4.58. The van der Waals surface area contributed by atoms with Crippen LogP contribution < -0.4 is 4.74 Å². The van der Waals surface area contributed by atoms with Crippen LogP contribution in [0.4, 0.5) is 0 Å². The van der Waals surface area contributed by atoms with E-state index in [0.717, 1.165) is 10.3 Å². The van der Waals surface area contributed by atoms with Crippen molar-refractivity contribution in [3.63, 3.8) is 0 Å². The number of aromatic nitrogens is 2. The monoisotopic (exact) mass is 378 g/mol. The van der Waals surface area contributed by atoms with E-state index in [-0.39, 0.29) is 6.61 Å². The Balaban J connectivity index is 1.70. The number of hydrogen-bond acceptors (Lipinski definition) is 7. The molecule has 1 aromatic carbocycles. The lowest BCUT2D eigenvalue weighted by atomic mass is 10.1. The second-order valence-corrected chi connectivity index (χ2v) is 7.06. The number of halogens is 1. The van der Waals surface area contributed by atoms with E-state index in [9.17, 15) is 10.2 Å². The number of para-hydroxylation sites is 1. The summed E-state index contributed by atoms with van der Waals surface area (Å²) < 4.78 is 12.3. The van der Waals surface area contributed by atoms with Crippen LogP contribution in [0.15, 0.2) is 42.0 Å². The van der Waals surface area contributed by atoms with Crippen molar-refractivity contribution in [3.8, 4) is 11.6 Å². The number of benzene rings is 1. The zero-order chi connectivity index (χ0) is 17.4. The van der Waals surface area contributed by atoms with Gasteiger partial charge in [-0.2, -0.15) is 0 Å². The number of thiophene rings is 1. The van der Waals surface area contributed by atoms with Crippen LogP contribution in [0.3, 0.4) is 0 Å². The van der Waals surface area contributed by atoms with Crippen molar-refractivity contribution in [1.82, 2.24) is 9.97 Å². The van der Waals surface area contributed by atoms with E-state index in [1.165, 1.54) is 17.7 Å². The number of hydrogen-bond donors (Lipinski definition) is 2. The van der Waals surface area contributed by atoms with E-state index in [1.807, 2.05) is 35.7 Å². The van der Waals surface area contributed by atoms with Gasteiger partial charge in [0.2, 0.25) is 5.88 Å². The molecule has 8 heteroatoms. The van der Waals surface area contributed by atoms with Gasteiger partial charge in [-0.15, -0.1) is 22.9 Å². The van der Waals surface area contributed by atoms with Gasteiger partial charge in [0.25, 0.3) is 0 Å². The van der Waals surface area contributed by atoms with Crippen LogP contribution in [0, 0.1) is 0 Å². The second-order valence-electron chi connectivity index (χ2n) is 5.68. The van der Waals surface area contributed by atoms with Gasteiger partial charge in [-0.3, -0.25) is 0 Å². The smallest absolute Gasteiger partial charge is 0.240 e. The van der Waals surface area contributed by atoms with Crippen molar-refractivity contribution in [3.05, 3.63) is 47.6 Å². The molecule has 3 heterocycles. The van der Waals surface area contributed by atoms with Crippen molar-refractivity contribution < 1.29 is 19.7 Å². The fourth-order valence-electron chi connectivity index (χ4n) is 2.85. The van der Waals surface area contributed by atoms with Crippen molar-refractivity contribution in [2.24, 2.45) is 0 Å². The maximum Gasteiger partial charge on any atom is 0.240 e. The van der Waals surface area contributed by atoms with Crippen LogP contribution in [-0.2, 0) is 4.74 Å². The average molecular weight is 379 g/mol. The molecule has 6 nitrogen and oxygen atoms in total. The minimum absolute atomic E-state index is 0.291. The van der Waals surface area contributed by atoms with Gasteiger partial charge in [0.1, 0.15) is 35.1 Å². The van der Waals surface area contributed by atoms with Gasteiger partial charge in [-0.05, 0) is 17.5 Å². The van der Waals surface area contributed by atoms with Crippen LogP contribution in [-0.4, -0.2) is 44.4 Å².